The van der Waals surface area contributed by atoms with Crippen molar-refractivity contribution in [1.29, 1.82) is 0 Å². The molecule has 2 aromatic heterocycles. The Kier molecular flexibility index (Phi) is 3.62. The molecule has 0 aliphatic carbocycles. The van der Waals surface area contributed by atoms with Crippen LogP contribution < -0.4 is 5.43 Å². The largest absolute Gasteiger partial charge is 0.454 e. The highest BCUT2D eigenvalue weighted by molar-refractivity contribution is 6.30. The van der Waals surface area contributed by atoms with Crippen LogP contribution in [0.4, 0.5) is 0 Å². The van der Waals surface area contributed by atoms with E-state index >= 15 is 0 Å². The number of para-hydroxylation sites is 1. The van der Waals surface area contributed by atoms with Gasteiger partial charge in [0.25, 0.3) is 0 Å². The standard InChI is InChI=1S/C23H14ClNO2/c24-16-10-12-17(13-11-16)25-19(15-6-2-1-3-7-15)14-21-22(25)23(26)18-8-4-5-9-20(18)27-21/h1-14H. The summed E-state index contributed by atoms with van der Waals surface area (Å²) in [6.07, 6.45) is 0. The zero-order chi connectivity index (χ0) is 18.4. The summed E-state index contributed by atoms with van der Waals surface area (Å²) in [5.74, 6) is 0. The predicted molar refractivity (Wildman–Crippen MR) is 110 cm³/mol. The Morgan fingerprint density at radius 1 is 0.778 bits per heavy atom. The molecule has 0 spiro atoms. The summed E-state index contributed by atoms with van der Waals surface area (Å²) in [6.45, 7) is 0. The first kappa shape index (κ1) is 15.9. The van der Waals surface area contributed by atoms with Crippen LogP contribution in [0.1, 0.15) is 0 Å². The van der Waals surface area contributed by atoms with Gasteiger partial charge in [0.15, 0.2) is 5.58 Å². The maximum atomic E-state index is 13.3. The van der Waals surface area contributed by atoms with Gasteiger partial charge in [-0.3, -0.25) is 4.79 Å². The van der Waals surface area contributed by atoms with Gasteiger partial charge in [0.2, 0.25) is 5.43 Å². The molecule has 3 aromatic carbocycles. The monoisotopic (exact) mass is 371 g/mol. The summed E-state index contributed by atoms with van der Waals surface area (Å²) in [7, 11) is 0. The highest BCUT2D eigenvalue weighted by atomic mass is 35.5. The molecule has 0 radical (unpaired) electrons. The summed E-state index contributed by atoms with van der Waals surface area (Å²) < 4.78 is 8.01. The van der Waals surface area contributed by atoms with Crippen molar-refractivity contribution in [3.63, 3.8) is 0 Å². The summed E-state index contributed by atoms with van der Waals surface area (Å²) in [6, 6.07) is 26.7. The number of aromatic nitrogens is 1. The molecule has 0 N–H and O–H groups in total. The topological polar surface area (TPSA) is 35.1 Å². The molecule has 130 valence electrons. The molecule has 0 unspecified atom stereocenters. The third-order valence-electron chi connectivity index (χ3n) is 4.69. The summed E-state index contributed by atoms with van der Waals surface area (Å²) in [5.41, 5.74) is 4.37. The van der Waals surface area contributed by atoms with Gasteiger partial charge in [-0.2, -0.15) is 0 Å². The molecule has 3 nitrogen and oxygen atoms in total. The number of hydrogen-bond donors (Lipinski definition) is 0. The fourth-order valence-corrected chi connectivity index (χ4v) is 3.57. The van der Waals surface area contributed by atoms with Crippen LogP contribution in [0.15, 0.2) is 94.1 Å². The van der Waals surface area contributed by atoms with Crippen molar-refractivity contribution in [1.82, 2.24) is 4.57 Å². The summed E-state index contributed by atoms with van der Waals surface area (Å²) >= 11 is 6.07. The Morgan fingerprint density at radius 2 is 1.48 bits per heavy atom. The minimum Gasteiger partial charge on any atom is -0.454 e. The molecular weight excluding hydrogens is 358 g/mol. The lowest BCUT2D eigenvalue weighted by Gasteiger charge is -2.11. The molecule has 2 heterocycles. The first-order valence-electron chi connectivity index (χ1n) is 8.61. The first-order valence-corrected chi connectivity index (χ1v) is 8.99. The lowest BCUT2D eigenvalue weighted by Crippen LogP contribution is -2.08. The zero-order valence-electron chi connectivity index (χ0n) is 14.2. The van der Waals surface area contributed by atoms with Crippen LogP contribution >= 0.6 is 11.6 Å². The van der Waals surface area contributed by atoms with Gasteiger partial charge in [0, 0.05) is 16.8 Å². The third kappa shape index (κ3) is 2.56. The molecule has 0 saturated heterocycles. The minimum atomic E-state index is -0.0519. The van der Waals surface area contributed by atoms with Gasteiger partial charge in [0.1, 0.15) is 11.1 Å². The van der Waals surface area contributed by atoms with Gasteiger partial charge in [-0.1, -0.05) is 54.1 Å². The van der Waals surface area contributed by atoms with Crippen molar-refractivity contribution in [2.75, 3.05) is 0 Å². The van der Waals surface area contributed by atoms with Gasteiger partial charge in [-0.25, -0.2) is 0 Å². The first-order chi connectivity index (χ1) is 13.2. The van der Waals surface area contributed by atoms with Crippen LogP contribution in [0.25, 0.3) is 39.0 Å². The van der Waals surface area contributed by atoms with E-state index in [1.165, 1.54) is 0 Å². The Labute approximate surface area is 160 Å². The fraction of sp³-hybridized carbons (Fsp3) is 0. The van der Waals surface area contributed by atoms with Crippen molar-refractivity contribution in [2.45, 2.75) is 0 Å². The van der Waals surface area contributed by atoms with Gasteiger partial charge >= 0.3 is 0 Å². The van der Waals surface area contributed by atoms with E-state index in [2.05, 4.69) is 0 Å². The van der Waals surface area contributed by atoms with Gasteiger partial charge in [0.05, 0.1) is 11.1 Å². The average Bonchev–Trinajstić information content (AvgIpc) is 3.09. The lowest BCUT2D eigenvalue weighted by atomic mass is 10.1. The summed E-state index contributed by atoms with van der Waals surface area (Å²) in [4.78, 5) is 13.3. The Bertz CT molecular complexity index is 1330. The van der Waals surface area contributed by atoms with Crippen molar-refractivity contribution < 1.29 is 4.42 Å². The molecule has 0 bridgehead atoms. The molecule has 4 heteroatoms. The van der Waals surface area contributed by atoms with Crippen LogP contribution in [-0.4, -0.2) is 4.57 Å². The molecular formula is C23H14ClNO2. The highest BCUT2D eigenvalue weighted by Gasteiger charge is 2.18. The number of nitrogens with zero attached hydrogens (tertiary/aromatic N) is 1. The van der Waals surface area contributed by atoms with E-state index in [-0.39, 0.29) is 5.43 Å². The smallest absolute Gasteiger partial charge is 0.217 e. The number of rotatable bonds is 2. The zero-order valence-corrected chi connectivity index (χ0v) is 15.0. The van der Waals surface area contributed by atoms with Gasteiger partial charge in [-0.05, 0) is 42.0 Å². The minimum absolute atomic E-state index is 0.0519. The van der Waals surface area contributed by atoms with E-state index in [4.69, 9.17) is 16.0 Å². The van der Waals surface area contributed by atoms with Gasteiger partial charge < -0.3 is 8.98 Å². The van der Waals surface area contributed by atoms with Crippen LogP contribution in [0, 0.1) is 0 Å². The molecule has 0 saturated carbocycles. The van der Waals surface area contributed by atoms with E-state index in [1.54, 1.807) is 6.07 Å². The van der Waals surface area contributed by atoms with Crippen LogP contribution in [-0.2, 0) is 0 Å². The third-order valence-corrected chi connectivity index (χ3v) is 4.94. The second-order valence-electron chi connectivity index (χ2n) is 6.35. The molecule has 0 fully saturated rings. The fourth-order valence-electron chi connectivity index (χ4n) is 3.45. The van der Waals surface area contributed by atoms with E-state index in [0.29, 0.717) is 27.1 Å². The molecule has 27 heavy (non-hydrogen) atoms. The second kappa shape index (κ2) is 6.15. The highest BCUT2D eigenvalue weighted by Crippen LogP contribution is 2.32. The summed E-state index contributed by atoms with van der Waals surface area (Å²) in [5, 5.41) is 1.21. The molecule has 5 rings (SSSR count). The molecule has 5 aromatic rings. The molecule has 0 aliphatic rings. The number of fused-ring (bicyclic) bond motifs is 2. The Balaban J connectivity index is 1.95. The van der Waals surface area contributed by atoms with Crippen LogP contribution in [0.3, 0.4) is 0 Å². The quantitative estimate of drug-likeness (QED) is 0.378. The Hall–Kier alpha value is -3.30. The maximum Gasteiger partial charge on any atom is 0.217 e. The van der Waals surface area contributed by atoms with E-state index < -0.39 is 0 Å². The van der Waals surface area contributed by atoms with E-state index in [1.807, 2.05) is 83.4 Å². The number of halogens is 1. The van der Waals surface area contributed by atoms with Crippen molar-refractivity contribution in [3.05, 3.63) is 100 Å². The SMILES string of the molecule is O=c1c2ccccc2oc2cc(-c3ccccc3)n(-c3ccc(Cl)cc3)c12. The number of benzene rings is 3. The number of hydrogen-bond acceptors (Lipinski definition) is 2. The molecule has 0 amide bonds. The van der Waals surface area contributed by atoms with Crippen LogP contribution in [0.5, 0.6) is 0 Å². The van der Waals surface area contributed by atoms with Crippen LogP contribution in [0.2, 0.25) is 5.02 Å². The van der Waals surface area contributed by atoms with E-state index in [9.17, 15) is 4.79 Å². The van der Waals surface area contributed by atoms with Crippen molar-refractivity contribution >= 4 is 33.7 Å². The maximum absolute atomic E-state index is 13.3. The second-order valence-corrected chi connectivity index (χ2v) is 6.78. The van der Waals surface area contributed by atoms with Crippen molar-refractivity contribution in [3.8, 4) is 16.9 Å². The molecule has 0 aliphatic heterocycles. The average molecular weight is 372 g/mol. The van der Waals surface area contributed by atoms with Crippen molar-refractivity contribution in [2.24, 2.45) is 0 Å². The normalized spacial score (nSPS) is 11.3. The molecule has 0 atom stereocenters. The van der Waals surface area contributed by atoms with E-state index in [0.717, 1.165) is 16.9 Å². The Morgan fingerprint density at radius 3 is 2.26 bits per heavy atom. The predicted octanol–water partition coefficient (Wildman–Crippen LogP) is 6.06. The van der Waals surface area contributed by atoms with Gasteiger partial charge in [-0.15, -0.1) is 0 Å². The lowest BCUT2D eigenvalue weighted by molar-refractivity contribution is 0.660.